The maximum atomic E-state index is 11.2. The molecule has 0 saturated heterocycles. The number of benzene rings is 1. The highest BCUT2D eigenvalue weighted by molar-refractivity contribution is 5.94. The molecule has 0 fully saturated rings. The number of hydrogen-bond acceptors (Lipinski definition) is 1. The molecule has 0 amide bonds. The van der Waals surface area contributed by atoms with Crippen LogP contribution < -0.4 is 0 Å². The number of Topliss-reactive ketones (excluding diaryl/α,β-unsaturated/α-hetero) is 1. The van der Waals surface area contributed by atoms with E-state index in [0.717, 1.165) is 24.0 Å². The van der Waals surface area contributed by atoms with Gasteiger partial charge < -0.3 is 0 Å². The van der Waals surface area contributed by atoms with E-state index in [1.54, 1.807) is 6.92 Å². The molecule has 0 aliphatic rings. The normalized spacial score (nSPS) is 11.7. The Morgan fingerprint density at radius 3 is 2.25 bits per heavy atom. The van der Waals surface area contributed by atoms with Gasteiger partial charge in [0.1, 0.15) is 0 Å². The molecule has 1 rings (SSSR count). The van der Waals surface area contributed by atoms with E-state index in [0.29, 0.717) is 0 Å². The fourth-order valence-electron chi connectivity index (χ4n) is 1.82. The van der Waals surface area contributed by atoms with Gasteiger partial charge in [-0.3, -0.25) is 4.79 Å². The average molecular weight is 268 g/mol. The lowest BCUT2D eigenvalue weighted by Crippen LogP contribution is -1.90. The molecule has 0 N–H and O–H groups in total. The van der Waals surface area contributed by atoms with Crippen molar-refractivity contribution in [2.24, 2.45) is 0 Å². The number of carbonyl (C=O) groups is 1. The van der Waals surface area contributed by atoms with Gasteiger partial charge in [-0.05, 0) is 46.1 Å². The van der Waals surface area contributed by atoms with Crippen molar-refractivity contribution in [1.29, 1.82) is 0 Å². The predicted molar refractivity (Wildman–Crippen MR) is 87.9 cm³/mol. The van der Waals surface area contributed by atoms with Gasteiger partial charge in [0, 0.05) is 5.56 Å². The zero-order valence-electron chi connectivity index (χ0n) is 12.9. The van der Waals surface area contributed by atoms with Crippen LogP contribution in [0.25, 0.3) is 6.08 Å². The van der Waals surface area contributed by atoms with Crippen LogP contribution in [0.2, 0.25) is 0 Å². The summed E-state index contributed by atoms with van der Waals surface area (Å²) in [4.78, 5) is 11.2. The lowest BCUT2D eigenvalue weighted by Gasteiger charge is -1.98. The minimum atomic E-state index is 0.107. The first kappa shape index (κ1) is 16.2. The molecule has 0 aliphatic heterocycles. The third-order valence-corrected chi connectivity index (χ3v) is 3.08. The Balaban J connectivity index is 2.55. The van der Waals surface area contributed by atoms with Crippen LogP contribution in [0.5, 0.6) is 0 Å². The lowest BCUT2D eigenvalue weighted by atomic mass is 10.1. The zero-order valence-corrected chi connectivity index (χ0v) is 12.9. The van der Waals surface area contributed by atoms with Gasteiger partial charge in [0.15, 0.2) is 5.78 Å². The van der Waals surface area contributed by atoms with Crippen LogP contribution in [-0.2, 0) is 0 Å². The van der Waals surface area contributed by atoms with Gasteiger partial charge in [-0.25, -0.2) is 0 Å². The van der Waals surface area contributed by atoms with Gasteiger partial charge in [-0.1, -0.05) is 59.7 Å². The molecule has 0 bridgehead atoms. The molecule has 1 nitrogen and oxygen atoms in total. The summed E-state index contributed by atoms with van der Waals surface area (Å²) in [5, 5.41) is 0. The van der Waals surface area contributed by atoms with Crippen molar-refractivity contribution < 1.29 is 4.79 Å². The van der Waals surface area contributed by atoms with Crippen LogP contribution in [0.15, 0.2) is 53.6 Å². The summed E-state index contributed by atoms with van der Waals surface area (Å²) >= 11 is 0. The van der Waals surface area contributed by atoms with E-state index in [1.807, 2.05) is 24.3 Å². The standard InChI is InChI=1S/C19H24O/c1-15(2)7-5-8-16(3)9-6-10-18-11-13-19(14-12-18)17(4)20/h6-7,9-14H,5,8H2,1-4H3/b10-6+,16-9+. The van der Waals surface area contributed by atoms with E-state index in [4.69, 9.17) is 0 Å². The van der Waals surface area contributed by atoms with E-state index in [-0.39, 0.29) is 5.78 Å². The summed E-state index contributed by atoms with van der Waals surface area (Å²) in [6.07, 6.45) is 10.7. The highest BCUT2D eigenvalue weighted by atomic mass is 16.1. The van der Waals surface area contributed by atoms with Gasteiger partial charge in [0.25, 0.3) is 0 Å². The summed E-state index contributed by atoms with van der Waals surface area (Å²) in [6.45, 7) is 8.00. The first-order chi connectivity index (χ1) is 9.49. The second-order valence-electron chi connectivity index (χ2n) is 5.37. The highest BCUT2D eigenvalue weighted by Crippen LogP contribution is 2.09. The smallest absolute Gasteiger partial charge is 0.159 e. The SMILES string of the molecule is CC(=O)c1ccc(/C=C/C=C(\C)CCC=C(C)C)cc1. The first-order valence-corrected chi connectivity index (χ1v) is 7.07. The lowest BCUT2D eigenvalue weighted by molar-refractivity contribution is 0.101. The fraction of sp³-hybridized carbons (Fsp3) is 0.316. The van der Waals surface area contributed by atoms with Crippen molar-refractivity contribution in [1.82, 2.24) is 0 Å². The number of rotatable bonds is 6. The van der Waals surface area contributed by atoms with Crippen molar-refractivity contribution in [3.05, 3.63) is 64.8 Å². The summed E-state index contributed by atoms with van der Waals surface area (Å²) in [5.74, 6) is 0.107. The van der Waals surface area contributed by atoms with Gasteiger partial charge in [-0.15, -0.1) is 0 Å². The Morgan fingerprint density at radius 2 is 1.70 bits per heavy atom. The Labute approximate surface area is 122 Å². The van der Waals surface area contributed by atoms with Crippen LogP contribution in [-0.4, -0.2) is 5.78 Å². The summed E-state index contributed by atoms with van der Waals surface area (Å²) < 4.78 is 0. The zero-order chi connectivity index (χ0) is 15.0. The van der Waals surface area contributed by atoms with Gasteiger partial charge in [0.05, 0.1) is 0 Å². The fourth-order valence-corrected chi connectivity index (χ4v) is 1.82. The maximum absolute atomic E-state index is 11.2. The van der Waals surface area contributed by atoms with Crippen LogP contribution in [0, 0.1) is 0 Å². The molecule has 1 heteroatoms. The van der Waals surface area contributed by atoms with Crippen LogP contribution >= 0.6 is 0 Å². The largest absolute Gasteiger partial charge is 0.295 e. The topological polar surface area (TPSA) is 17.1 Å². The second-order valence-corrected chi connectivity index (χ2v) is 5.37. The molecule has 106 valence electrons. The molecule has 0 aromatic heterocycles. The summed E-state index contributed by atoms with van der Waals surface area (Å²) in [5.41, 5.74) is 4.62. The van der Waals surface area contributed by atoms with E-state index >= 15 is 0 Å². The van der Waals surface area contributed by atoms with E-state index in [1.165, 1.54) is 11.1 Å². The van der Waals surface area contributed by atoms with Gasteiger partial charge in [-0.2, -0.15) is 0 Å². The van der Waals surface area contributed by atoms with Crippen LogP contribution in [0.4, 0.5) is 0 Å². The number of allylic oxidation sites excluding steroid dienone is 5. The quantitative estimate of drug-likeness (QED) is 0.373. The van der Waals surface area contributed by atoms with E-state index in [2.05, 4.69) is 45.1 Å². The van der Waals surface area contributed by atoms with Crippen molar-refractivity contribution in [2.45, 2.75) is 40.5 Å². The minimum absolute atomic E-state index is 0.107. The van der Waals surface area contributed by atoms with E-state index in [9.17, 15) is 4.79 Å². The monoisotopic (exact) mass is 268 g/mol. The average Bonchev–Trinajstić information content (AvgIpc) is 2.39. The Kier molecular flexibility index (Phi) is 6.72. The molecule has 0 spiro atoms. The van der Waals surface area contributed by atoms with Gasteiger partial charge in [0.2, 0.25) is 0 Å². The Bertz CT molecular complexity index is 523. The van der Waals surface area contributed by atoms with Crippen molar-refractivity contribution in [3.8, 4) is 0 Å². The molecule has 0 radical (unpaired) electrons. The van der Waals surface area contributed by atoms with Crippen molar-refractivity contribution in [2.75, 3.05) is 0 Å². The molecule has 0 heterocycles. The van der Waals surface area contributed by atoms with Crippen molar-refractivity contribution in [3.63, 3.8) is 0 Å². The number of ketones is 1. The second kappa shape index (κ2) is 8.31. The molecule has 0 saturated carbocycles. The van der Waals surface area contributed by atoms with Crippen LogP contribution in [0.3, 0.4) is 0 Å². The highest BCUT2D eigenvalue weighted by Gasteiger charge is 1.96. The molecule has 0 aliphatic carbocycles. The maximum Gasteiger partial charge on any atom is 0.159 e. The summed E-state index contributed by atoms with van der Waals surface area (Å²) in [7, 11) is 0. The third-order valence-electron chi connectivity index (χ3n) is 3.08. The molecule has 1 aromatic rings. The van der Waals surface area contributed by atoms with Crippen LogP contribution in [0.1, 0.15) is 56.5 Å². The molecule has 20 heavy (non-hydrogen) atoms. The van der Waals surface area contributed by atoms with E-state index < -0.39 is 0 Å². The Hall–Kier alpha value is -1.89. The summed E-state index contributed by atoms with van der Waals surface area (Å²) in [6, 6.07) is 7.68. The van der Waals surface area contributed by atoms with Crippen molar-refractivity contribution >= 4 is 11.9 Å². The Morgan fingerprint density at radius 1 is 1.05 bits per heavy atom. The molecular weight excluding hydrogens is 244 g/mol. The molecular formula is C19H24O. The molecule has 0 atom stereocenters. The number of hydrogen-bond donors (Lipinski definition) is 0. The predicted octanol–water partition coefficient (Wildman–Crippen LogP) is 5.60. The number of carbonyl (C=O) groups excluding carboxylic acids is 1. The first-order valence-electron chi connectivity index (χ1n) is 7.07. The molecule has 0 unspecified atom stereocenters. The van der Waals surface area contributed by atoms with Gasteiger partial charge >= 0.3 is 0 Å². The molecule has 1 aromatic carbocycles. The minimum Gasteiger partial charge on any atom is -0.295 e. The third kappa shape index (κ3) is 6.33.